The van der Waals surface area contributed by atoms with Crippen molar-refractivity contribution in [3.63, 3.8) is 0 Å². The third kappa shape index (κ3) is 9.57. The summed E-state index contributed by atoms with van der Waals surface area (Å²) in [4.78, 5) is 48.4. The van der Waals surface area contributed by atoms with Crippen molar-refractivity contribution in [3.8, 4) is 11.5 Å². The van der Waals surface area contributed by atoms with Crippen LogP contribution in [-0.4, -0.2) is 45.6 Å². The Kier molecular flexibility index (Phi) is 12.8. The van der Waals surface area contributed by atoms with E-state index in [0.717, 1.165) is 36.1 Å². The highest BCUT2D eigenvalue weighted by Gasteiger charge is 2.13. The fourth-order valence-electron chi connectivity index (χ4n) is 4.62. The largest absolute Gasteiger partial charge is 0.497 e. The number of aryl methyl sites for hydroxylation is 2. The van der Waals surface area contributed by atoms with Crippen molar-refractivity contribution < 1.29 is 33.3 Å². The minimum atomic E-state index is -0.512. The average molecular weight is 693 g/mol. The number of carbonyl (C=O) groups is 3. The van der Waals surface area contributed by atoms with Crippen LogP contribution in [0.1, 0.15) is 34.3 Å². The number of hydrogen-bond donors (Lipinski definition) is 0. The molecule has 0 spiro atoms. The van der Waals surface area contributed by atoms with Crippen molar-refractivity contribution in [1.82, 2.24) is 0 Å². The molecule has 0 saturated heterocycles. The van der Waals surface area contributed by atoms with Gasteiger partial charge in [0.25, 0.3) is 5.24 Å². The van der Waals surface area contributed by atoms with Crippen LogP contribution in [0, 0.1) is 0 Å². The number of fused-ring (bicyclic) bond motifs is 2. The summed E-state index contributed by atoms with van der Waals surface area (Å²) in [7, 11) is 5.94. The molecule has 5 aromatic rings. The minimum absolute atomic E-state index is 0.0240. The predicted octanol–water partition coefficient (Wildman–Crippen LogP) is 7.86. The van der Waals surface area contributed by atoms with Crippen LogP contribution >= 0.6 is 34.7 Å². The van der Waals surface area contributed by atoms with E-state index in [1.165, 1.54) is 26.0 Å². The summed E-state index contributed by atoms with van der Waals surface area (Å²) in [5.41, 5.74) is 2.49. The lowest BCUT2D eigenvalue weighted by Gasteiger charge is -2.09. The molecule has 0 N–H and O–H groups in total. The Morgan fingerprint density at radius 1 is 0.702 bits per heavy atom. The van der Waals surface area contributed by atoms with E-state index >= 15 is 0 Å². The van der Waals surface area contributed by atoms with E-state index in [0.29, 0.717) is 47.8 Å². The van der Waals surface area contributed by atoms with Crippen molar-refractivity contribution in [3.05, 3.63) is 106 Å². The Bertz CT molecular complexity index is 1970. The molecule has 0 atom stereocenters. The summed E-state index contributed by atoms with van der Waals surface area (Å²) in [5, 5.41) is 0.891. The summed E-state index contributed by atoms with van der Waals surface area (Å²) >= 11 is 8.64. The third-order valence-electron chi connectivity index (χ3n) is 7.16. The summed E-state index contributed by atoms with van der Waals surface area (Å²) in [5.74, 6) is 0.910. The number of methoxy groups -OCH3 is 4. The maximum absolute atomic E-state index is 12.6. The van der Waals surface area contributed by atoms with Crippen molar-refractivity contribution in [2.75, 3.05) is 28.4 Å². The molecule has 0 unspecified atom stereocenters. The van der Waals surface area contributed by atoms with Gasteiger partial charge in [-0.2, -0.15) is 0 Å². The van der Waals surface area contributed by atoms with Crippen LogP contribution in [0.5, 0.6) is 11.5 Å². The van der Waals surface area contributed by atoms with Gasteiger partial charge in [-0.25, -0.2) is 0 Å². The average Bonchev–Trinajstić information content (AvgIpc) is 3.09. The molecule has 0 aliphatic rings. The molecule has 0 fully saturated rings. The van der Waals surface area contributed by atoms with Crippen LogP contribution in [0.25, 0.3) is 20.2 Å². The number of esters is 2. The number of rotatable bonds is 11. The molecule has 0 amide bonds. The fraction of sp³-hybridized carbons (Fsp3) is 0.222. The zero-order valence-corrected chi connectivity index (χ0v) is 28.7. The van der Waals surface area contributed by atoms with Crippen molar-refractivity contribution in [2.45, 2.75) is 35.5 Å². The summed E-state index contributed by atoms with van der Waals surface area (Å²) in [6.07, 6.45) is 1.85. The van der Waals surface area contributed by atoms with Crippen molar-refractivity contribution in [1.29, 1.82) is 0 Å². The van der Waals surface area contributed by atoms with Crippen LogP contribution in [0.4, 0.5) is 0 Å². The molecule has 4 aromatic carbocycles. The molecule has 0 aliphatic carbocycles. The Morgan fingerprint density at radius 3 is 1.89 bits per heavy atom. The highest BCUT2D eigenvalue weighted by Crippen LogP contribution is 2.34. The first-order valence-corrected chi connectivity index (χ1v) is 16.5. The third-order valence-corrected chi connectivity index (χ3v) is 9.53. The molecule has 5 rings (SSSR count). The lowest BCUT2D eigenvalue weighted by Crippen LogP contribution is -2.03. The molecule has 47 heavy (non-hydrogen) atoms. The first-order valence-electron chi connectivity index (χ1n) is 14.5. The highest BCUT2D eigenvalue weighted by molar-refractivity contribution is 7.99. The lowest BCUT2D eigenvalue weighted by atomic mass is 10.1. The quantitative estimate of drug-likeness (QED) is 0.0777. The molecular weight excluding hydrogens is 660 g/mol. The molecule has 0 bridgehead atoms. The van der Waals surface area contributed by atoms with Crippen LogP contribution in [0.15, 0.2) is 93.4 Å². The second kappa shape index (κ2) is 17.0. The maximum Gasteiger partial charge on any atom is 0.305 e. The first kappa shape index (κ1) is 35.5. The maximum atomic E-state index is 12.6. The zero-order chi connectivity index (χ0) is 33.9. The van der Waals surface area contributed by atoms with E-state index in [4.69, 9.17) is 21.1 Å². The zero-order valence-electron chi connectivity index (χ0n) is 26.3. The van der Waals surface area contributed by atoms with Gasteiger partial charge in [-0.1, -0.05) is 30.0 Å². The molecular formula is C36H33ClO8S2. The number of carbonyl (C=O) groups excluding carboxylic acids is 3. The topological polar surface area (TPSA) is 105 Å². The normalized spacial score (nSPS) is 10.6. The van der Waals surface area contributed by atoms with Gasteiger partial charge in [0.15, 0.2) is 5.43 Å². The molecule has 0 radical (unpaired) electrons. The van der Waals surface area contributed by atoms with Gasteiger partial charge < -0.3 is 18.9 Å². The Labute approximate surface area is 285 Å². The van der Waals surface area contributed by atoms with E-state index in [2.05, 4.69) is 9.47 Å². The smallest absolute Gasteiger partial charge is 0.305 e. The van der Waals surface area contributed by atoms with Gasteiger partial charge in [0.1, 0.15) is 11.5 Å². The van der Waals surface area contributed by atoms with E-state index in [1.807, 2.05) is 48.5 Å². The molecule has 1 heterocycles. The summed E-state index contributed by atoms with van der Waals surface area (Å²) in [6.45, 7) is 0. The van der Waals surface area contributed by atoms with Crippen LogP contribution in [0.3, 0.4) is 0 Å². The van der Waals surface area contributed by atoms with E-state index < -0.39 is 5.24 Å². The molecule has 11 heteroatoms. The Hall–Kier alpha value is -4.38. The lowest BCUT2D eigenvalue weighted by molar-refractivity contribution is -0.141. The minimum Gasteiger partial charge on any atom is -0.497 e. The van der Waals surface area contributed by atoms with Crippen LogP contribution < -0.4 is 14.9 Å². The van der Waals surface area contributed by atoms with Gasteiger partial charge in [0.2, 0.25) is 0 Å². The second-order valence-electron chi connectivity index (χ2n) is 10.2. The number of ether oxygens (including phenoxy) is 4. The standard InChI is InChI=1S/C18H17ClO4S.C18H16O4S/c1-22-13-7-8-15(18(19)21)16(11-13)24-14-5-3-4-12(10-14)6-9-17(20)23-2;1-21-12-5-7-14-16(10-12)23-15-9-11(4-8-17(19)22-2)3-6-13(15)18(14)20/h3-5,7-8,10-11H,6,9H2,1-2H3;3,5-7,9-10H,4,8H2,1-2H3. The van der Waals surface area contributed by atoms with Gasteiger partial charge in [-0.05, 0) is 96.2 Å². The number of hydrogen-bond acceptors (Lipinski definition) is 10. The van der Waals surface area contributed by atoms with Gasteiger partial charge in [0, 0.05) is 48.4 Å². The molecule has 0 saturated carbocycles. The number of halogens is 1. The van der Waals surface area contributed by atoms with Crippen LogP contribution in [-0.2, 0) is 31.9 Å². The van der Waals surface area contributed by atoms with Crippen LogP contribution in [0.2, 0.25) is 0 Å². The highest BCUT2D eigenvalue weighted by atomic mass is 35.5. The first-order chi connectivity index (χ1) is 22.6. The summed E-state index contributed by atoms with van der Waals surface area (Å²) < 4.78 is 21.6. The van der Waals surface area contributed by atoms with Gasteiger partial charge in [-0.15, -0.1) is 11.3 Å². The molecule has 0 aliphatic heterocycles. The SMILES string of the molecule is COC(=O)CCc1ccc2c(=O)c3ccc(OC)cc3sc2c1.COC(=O)CCc1cccc(Sc2cc(OC)ccc2C(=O)Cl)c1. The van der Waals surface area contributed by atoms with Gasteiger partial charge in [-0.3, -0.25) is 19.2 Å². The van der Waals surface area contributed by atoms with Gasteiger partial charge in [0.05, 0.1) is 28.4 Å². The van der Waals surface area contributed by atoms with Gasteiger partial charge >= 0.3 is 11.9 Å². The second-order valence-corrected chi connectivity index (χ2v) is 12.7. The van der Waals surface area contributed by atoms with Crippen molar-refractivity contribution >= 4 is 72.1 Å². The Balaban J connectivity index is 0.000000213. The molecule has 1 aromatic heterocycles. The monoisotopic (exact) mass is 692 g/mol. The van der Waals surface area contributed by atoms with E-state index in [9.17, 15) is 19.2 Å². The summed E-state index contributed by atoms with van der Waals surface area (Å²) in [6, 6.07) is 24.1. The van der Waals surface area contributed by atoms with E-state index in [-0.39, 0.29) is 17.4 Å². The number of benzene rings is 4. The Morgan fingerprint density at radius 2 is 1.28 bits per heavy atom. The van der Waals surface area contributed by atoms with Crippen molar-refractivity contribution in [2.24, 2.45) is 0 Å². The van der Waals surface area contributed by atoms with E-state index in [1.54, 1.807) is 55.9 Å². The molecule has 8 nitrogen and oxygen atoms in total. The fourth-order valence-corrected chi connectivity index (χ4v) is 7.07. The molecule has 244 valence electrons. The predicted molar refractivity (Wildman–Crippen MR) is 187 cm³/mol.